The number of aromatic nitrogens is 3. The summed E-state index contributed by atoms with van der Waals surface area (Å²) in [5.41, 5.74) is 4.52. The van der Waals surface area contributed by atoms with Crippen LogP contribution in [0.5, 0.6) is 0 Å². The van der Waals surface area contributed by atoms with Crippen molar-refractivity contribution in [3.63, 3.8) is 0 Å². The van der Waals surface area contributed by atoms with Crippen molar-refractivity contribution >= 4 is 34.3 Å². The second-order valence-electron chi connectivity index (χ2n) is 11.3. The first-order valence-electron chi connectivity index (χ1n) is 14.9. The standard InChI is InChI=1S/C32H40N8O2/c1-36-17-19-38(20-18-36)28-13-11-27(12-14-28)34-32-33-22-26-21-29(40(30(26)35-32)39-15-7-4-8-16-39)31(41)37(2)24-42-23-25-9-5-3-6-10-25/h3,5-6,9-14,21-22H,4,7-8,15-20,23-24H2,1-2H3,(H,33,34,35). The predicted octanol–water partition coefficient (Wildman–Crippen LogP) is 4.29. The number of rotatable bonds is 9. The normalized spacial score (nSPS) is 16.1. The average Bonchev–Trinajstić information content (AvgIpc) is 3.41. The number of nitrogens with one attached hydrogen (secondary N) is 1. The number of piperidine rings is 1. The van der Waals surface area contributed by atoms with Crippen LogP contribution >= 0.6 is 0 Å². The Bertz CT molecular complexity index is 1480. The molecule has 2 fully saturated rings. The van der Waals surface area contributed by atoms with Crippen LogP contribution in [0, 0.1) is 0 Å². The number of fused-ring (bicyclic) bond motifs is 1. The van der Waals surface area contributed by atoms with Crippen LogP contribution in [0.2, 0.25) is 0 Å². The molecular weight excluding hydrogens is 528 g/mol. The van der Waals surface area contributed by atoms with Crippen LogP contribution in [0.4, 0.5) is 17.3 Å². The van der Waals surface area contributed by atoms with E-state index in [0.717, 1.165) is 74.4 Å². The monoisotopic (exact) mass is 568 g/mol. The van der Waals surface area contributed by atoms with Gasteiger partial charge in [0.15, 0.2) is 5.65 Å². The third kappa shape index (κ3) is 6.34. The molecule has 10 heteroatoms. The summed E-state index contributed by atoms with van der Waals surface area (Å²) in [6, 6.07) is 20.3. The van der Waals surface area contributed by atoms with Crippen LogP contribution in [-0.2, 0) is 11.3 Å². The van der Waals surface area contributed by atoms with Crippen LogP contribution in [0.25, 0.3) is 11.0 Å². The van der Waals surface area contributed by atoms with Gasteiger partial charge in [0.05, 0.1) is 6.61 Å². The number of benzene rings is 2. The fourth-order valence-electron chi connectivity index (χ4n) is 5.63. The molecule has 42 heavy (non-hydrogen) atoms. The Morgan fingerprint density at radius 2 is 1.69 bits per heavy atom. The predicted molar refractivity (Wildman–Crippen MR) is 167 cm³/mol. The lowest BCUT2D eigenvalue weighted by Crippen LogP contribution is -2.44. The fourth-order valence-corrected chi connectivity index (χ4v) is 5.63. The minimum Gasteiger partial charge on any atom is -0.369 e. The van der Waals surface area contributed by atoms with E-state index in [4.69, 9.17) is 9.72 Å². The number of piperazine rings is 1. The number of hydrogen-bond acceptors (Lipinski definition) is 8. The van der Waals surface area contributed by atoms with Gasteiger partial charge < -0.3 is 29.8 Å². The summed E-state index contributed by atoms with van der Waals surface area (Å²) in [5, 5.41) is 6.44. The van der Waals surface area contributed by atoms with E-state index in [1.165, 1.54) is 12.1 Å². The van der Waals surface area contributed by atoms with E-state index in [0.29, 0.717) is 18.2 Å². The largest absolute Gasteiger partial charge is 0.369 e. The lowest BCUT2D eigenvalue weighted by atomic mass is 10.2. The van der Waals surface area contributed by atoms with E-state index in [1.54, 1.807) is 18.1 Å². The molecule has 1 amide bonds. The van der Waals surface area contributed by atoms with E-state index in [-0.39, 0.29) is 12.6 Å². The van der Waals surface area contributed by atoms with Crippen molar-refractivity contribution in [2.24, 2.45) is 0 Å². The number of anilines is 3. The second-order valence-corrected chi connectivity index (χ2v) is 11.3. The molecule has 2 aromatic heterocycles. The number of hydrogen-bond donors (Lipinski definition) is 1. The third-order valence-corrected chi connectivity index (χ3v) is 8.09. The smallest absolute Gasteiger partial charge is 0.274 e. The van der Waals surface area contributed by atoms with Crippen molar-refractivity contribution in [2.75, 3.05) is 75.3 Å². The third-order valence-electron chi connectivity index (χ3n) is 8.09. The van der Waals surface area contributed by atoms with Crippen LogP contribution in [-0.4, -0.2) is 90.4 Å². The van der Waals surface area contributed by atoms with Gasteiger partial charge in [-0.05, 0) is 62.2 Å². The van der Waals surface area contributed by atoms with Gasteiger partial charge in [0, 0.05) is 69.3 Å². The zero-order chi connectivity index (χ0) is 28.9. The summed E-state index contributed by atoms with van der Waals surface area (Å²) >= 11 is 0. The molecule has 10 nitrogen and oxygen atoms in total. The SMILES string of the molecule is CN1CCN(c2ccc(Nc3ncc4cc(C(=O)N(C)COCc5ccccc5)n(N5CCCCC5)c4n3)cc2)CC1. The van der Waals surface area contributed by atoms with Crippen molar-refractivity contribution in [1.29, 1.82) is 0 Å². The molecule has 6 rings (SSSR count). The Kier molecular flexibility index (Phi) is 8.52. The summed E-state index contributed by atoms with van der Waals surface area (Å²) in [6.07, 6.45) is 5.16. The average molecular weight is 569 g/mol. The summed E-state index contributed by atoms with van der Waals surface area (Å²) in [4.78, 5) is 29.6. The summed E-state index contributed by atoms with van der Waals surface area (Å²) in [5.74, 6) is 0.394. The van der Waals surface area contributed by atoms with Crippen molar-refractivity contribution in [2.45, 2.75) is 25.9 Å². The van der Waals surface area contributed by atoms with Crippen molar-refractivity contribution in [3.8, 4) is 0 Å². The molecule has 0 aliphatic carbocycles. The Morgan fingerprint density at radius 3 is 2.43 bits per heavy atom. The Labute approximate surface area is 247 Å². The number of ether oxygens (including phenoxy) is 1. The van der Waals surface area contributed by atoms with E-state index >= 15 is 0 Å². The molecule has 0 saturated carbocycles. The maximum Gasteiger partial charge on any atom is 0.274 e. The highest BCUT2D eigenvalue weighted by Crippen LogP contribution is 2.25. The number of amides is 1. The van der Waals surface area contributed by atoms with E-state index in [9.17, 15) is 4.79 Å². The Balaban J connectivity index is 1.21. The van der Waals surface area contributed by atoms with Gasteiger partial charge in [0.2, 0.25) is 5.95 Å². The molecule has 0 bridgehead atoms. The van der Waals surface area contributed by atoms with Crippen LogP contribution in [0.1, 0.15) is 35.3 Å². The molecule has 0 unspecified atom stereocenters. The molecule has 4 heterocycles. The number of likely N-dealkylation sites (N-methyl/N-ethyl adjacent to an activating group) is 1. The zero-order valence-electron chi connectivity index (χ0n) is 24.6. The Hall–Kier alpha value is -4.15. The number of nitrogens with zero attached hydrogens (tertiary/aromatic N) is 7. The molecule has 0 atom stereocenters. The Morgan fingerprint density at radius 1 is 0.952 bits per heavy atom. The lowest BCUT2D eigenvalue weighted by Gasteiger charge is -2.34. The van der Waals surface area contributed by atoms with Crippen molar-refractivity contribution in [1.82, 2.24) is 24.4 Å². The molecule has 0 radical (unpaired) electrons. The van der Waals surface area contributed by atoms with Gasteiger partial charge in [-0.15, -0.1) is 0 Å². The highest BCUT2D eigenvalue weighted by Gasteiger charge is 2.25. The van der Waals surface area contributed by atoms with Gasteiger partial charge in [-0.3, -0.25) is 4.79 Å². The van der Waals surface area contributed by atoms with Crippen LogP contribution in [0.15, 0.2) is 66.9 Å². The minimum absolute atomic E-state index is 0.111. The molecule has 2 aliphatic heterocycles. The first-order valence-corrected chi connectivity index (χ1v) is 14.9. The maximum absolute atomic E-state index is 13.7. The van der Waals surface area contributed by atoms with E-state index in [1.807, 2.05) is 41.1 Å². The van der Waals surface area contributed by atoms with E-state index < -0.39 is 0 Å². The summed E-state index contributed by atoms with van der Waals surface area (Å²) in [6.45, 7) is 6.61. The first-order chi connectivity index (χ1) is 20.5. The molecule has 2 saturated heterocycles. The fraction of sp³-hybridized carbons (Fsp3) is 0.406. The number of carbonyl (C=O) groups is 1. The van der Waals surface area contributed by atoms with Gasteiger partial charge >= 0.3 is 0 Å². The van der Waals surface area contributed by atoms with Gasteiger partial charge in [0.25, 0.3) is 5.91 Å². The molecular formula is C32H40N8O2. The minimum atomic E-state index is -0.111. The quantitative estimate of drug-likeness (QED) is 0.300. The van der Waals surface area contributed by atoms with Crippen molar-refractivity contribution < 1.29 is 9.53 Å². The summed E-state index contributed by atoms with van der Waals surface area (Å²) in [7, 11) is 3.94. The molecule has 4 aromatic rings. The van der Waals surface area contributed by atoms with Gasteiger partial charge in [0.1, 0.15) is 12.4 Å². The molecule has 220 valence electrons. The lowest BCUT2D eigenvalue weighted by molar-refractivity contribution is 0.0263. The molecule has 1 N–H and O–H groups in total. The first kappa shape index (κ1) is 28.0. The highest BCUT2D eigenvalue weighted by molar-refractivity contribution is 5.98. The summed E-state index contributed by atoms with van der Waals surface area (Å²) < 4.78 is 7.85. The maximum atomic E-state index is 13.7. The zero-order valence-corrected chi connectivity index (χ0v) is 24.6. The molecule has 0 spiro atoms. The highest BCUT2D eigenvalue weighted by atomic mass is 16.5. The van der Waals surface area contributed by atoms with Gasteiger partial charge in [-0.1, -0.05) is 30.3 Å². The van der Waals surface area contributed by atoms with Gasteiger partial charge in [-0.2, -0.15) is 4.98 Å². The topological polar surface area (TPSA) is 82.0 Å². The molecule has 2 aliphatic rings. The van der Waals surface area contributed by atoms with Crippen LogP contribution in [0.3, 0.4) is 0 Å². The van der Waals surface area contributed by atoms with Crippen LogP contribution < -0.4 is 15.2 Å². The van der Waals surface area contributed by atoms with Crippen molar-refractivity contribution in [3.05, 3.63) is 78.1 Å². The second kappa shape index (κ2) is 12.8. The number of carbonyl (C=O) groups excluding carboxylic acids is 1. The molecule has 2 aromatic carbocycles. The van der Waals surface area contributed by atoms with E-state index in [2.05, 4.69) is 56.4 Å². The van der Waals surface area contributed by atoms with Gasteiger partial charge in [-0.25, -0.2) is 9.66 Å².